The smallest absolute Gasteiger partial charge is 0.278 e. The van der Waals surface area contributed by atoms with Gasteiger partial charge in [-0.05, 0) is 88.0 Å². The Balaban J connectivity index is 1.30. The van der Waals surface area contributed by atoms with Crippen molar-refractivity contribution in [1.82, 2.24) is 29.2 Å². The number of fused-ring (bicyclic) bond motifs is 2. The summed E-state index contributed by atoms with van der Waals surface area (Å²) in [4.78, 5) is 32.4. The van der Waals surface area contributed by atoms with Crippen molar-refractivity contribution in [3.8, 4) is 5.82 Å². The Bertz CT molecular complexity index is 1580. The summed E-state index contributed by atoms with van der Waals surface area (Å²) in [6, 6.07) is 13.2. The molecule has 0 spiro atoms. The highest BCUT2D eigenvalue weighted by atomic mass is 16.1. The van der Waals surface area contributed by atoms with Crippen LogP contribution in [0.4, 0.5) is 17.3 Å². The molecule has 40 heavy (non-hydrogen) atoms. The lowest BCUT2D eigenvalue weighted by atomic mass is 9.88. The van der Waals surface area contributed by atoms with Gasteiger partial charge in [0.2, 0.25) is 5.95 Å². The van der Waals surface area contributed by atoms with Gasteiger partial charge < -0.3 is 15.1 Å². The fourth-order valence-corrected chi connectivity index (χ4v) is 6.12. The molecular weight excluding hydrogens is 500 g/mol. The summed E-state index contributed by atoms with van der Waals surface area (Å²) in [5.74, 6) is 1.51. The van der Waals surface area contributed by atoms with Crippen LogP contribution in [0.3, 0.4) is 0 Å². The van der Waals surface area contributed by atoms with Crippen molar-refractivity contribution in [3.05, 3.63) is 76.9 Å². The van der Waals surface area contributed by atoms with Crippen LogP contribution < -0.4 is 15.8 Å². The number of rotatable bonds is 7. The molecule has 1 aromatic carbocycles. The maximum Gasteiger partial charge on any atom is 0.278 e. The molecule has 4 heterocycles. The van der Waals surface area contributed by atoms with E-state index in [-0.39, 0.29) is 5.56 Å². The fraction of sp³-hybridized carbons (Fsp3) is 0.419. The summed E-state index contributed by atoms with van der Waals surface area (Å²) in [5, 5.41) is 3.79. The summed E-state index contributed by atoms with van der Waals surface area (Å²) in [5.41, 5.74) is 4.89. The monoisotopic (exact) mass is 538 g/mol. The molecule has 9 nitrogen and oxygen atoms in total. The number of aromatic nitrogens is 5. The lowest BCUT2D eigenvalue weighted by Gasteiger charge is -2.36. The Morgan fingerprint density at radius 2 is 1.85 bits per heavy atom. The number of hydrogen-bond acceptors (Lipinski definition) is 7. The molecular formula is C31H38N8O. The van der Waals surface area contributed by atoms with Crippen LogP contribution in [-0.2, 0) is 13.0 Å². The quantitative estimate of drug-likeness (QED) is 0.336. The average molecular weight is 539 g/mol. The Kier molecular flexibility index (Phi) is 7.14. The van der Waals surface area contributed by atoms with Crippen molar-refractivity contribution in [3.63, 3.8) is 0 Å². The molecule has 6 rings (SSSR count). The second-order valence-corrected chi connectivity index (χ2v) is 11.3. The van der Waals surface area contributed by atoms with Crippen molar-refractivity contribution in [2.24, 2.45) is 0 Å². The number of nitrogens with zero attached hydrogens (tertiary/aromatic N) is 7. The Hall–Kier alpha value is -3.98. The second kappa shape index (κ2) is 10.9. The molecule has 0 saturated carbocycles. The number of benzene rings is 1. The van der Waals surface area contributed by atoms with E-state index in [0.29, 0.717) is 41.3 Å². The Labute approximate surface area is 235 Å². The number of anilines is 3. The highest BCUT2D eigenvalue weighted by Crippen LogP contribution is 2.31. The van der Waals surface area contributed by atoms with Gasteiger partial charge in [-0.25, -0.2) is 19.3 Å². The van der Waals surface area contributed by atoms with E-state index in [0.717, 1.165) is 37.3 Å². The molecule has 1 fully saturated rings. The molecule has 9 heteroatoms. The van der Waals surface area contributed by atoms with E-state index in [4.69, 9.17) is 9.97 Å². The zero-order chi connectivity index (χ0) is 27.8. The van der Waals surface area contributed by atoms with Crippen molar-refractivity contribution >= 4 is 28.4 Å². The Morgan fingerprint density at radius 3 is 2.58 bits per heavy atom. The Morgan fingerprint density at radius 1 is 1.07 bits per heavy atom. The van der Waals surface area contributed by atoms with Crippen molar-refractivity contribution < 1.29 is 0 Å². The van der Waals surface area contributed by atoms with E-state index in [9.17, 15) is 4.79 Å². The van der Waals surface area contributed by atoms with Gasteiger partial charge in [0.1, 0.15) is 5.39 Å². The van der Waals surface area contributed by atoms with Gasteiger partial charge in [-0.3, -0.25) is 4.79 Å². The van der Waals surface area contributed by atoms with Gasteiger partial charge in [0, 0.05) is 42.4 Å². The normalized spacial score (nSPS) is 17.8. The number of hydrogen-bond donors (Lipinski definition) is 1. The maximum absolute atomic E-state index is 13.3. The van der Waals surface area contributed by atoms with Crippen LogP contribution in [0.1, 0.15) is 49.8 Å². The van der Waals surface area contributed by atoms with Crippen LogP contribution >= 0.6 is 0 Å². The molecule has 4 aromatic rings. The van der Waals surface area contributed by atoms with E-state index in [1.165, 1.54) is 30.5 Å². The molecule has 1 unspecified atom stereocenters. The first-order valence-electron chi connectivity index (χ1n) is 14.3. The zero-order valence-corrected chi connectivity index (χ0v) is 23.7. The summed E-state index contributed by atoms with van der Waals surface area (Å²) >= 11 is 0. The molecule has 0 radical (unpaired) electrons. The summed E-state index contributed by atoms with van der Waals surface area (Å²) < 4.78 is 3.45. The number of piperidine rings is 1. The summed E-state index contributed by atoms with van der Waals surface area (Å²) in [6.07, 6.45) is 9.02. The SMILES string of the molecule is C=CCn1c(=O)c2cnc(Nc3ccc(N4CCC(N(C)C)CC4)cc3)nc2n1-c1ccc2c(n1)C(C)CCC2. The predicted octanol–water partition coefficient (Wildman–Crippen LogP) is 4.88. The van der Waals surface area contributed by atoms with Gasteiger partial charge >= 0.3 is 0 Å². The standard InChI is InChI=1S/C31H38N8O/c1-5-17-38-30(40)26-20-32-31(33-23-10-12-25(13-11-23)37-18-15-24(16-19-37)36(3)4)35-29(26)39(38)27-14-9-22-8-6-7-21(2)28(22)34-27/h5,9-14,20-21,24H,1,6-8,15-19H2,2-4H3,(H,32,33,35). The van der Waals surface area contributed by atoms with Gasteiger partial charge in [0.15, 0.2) is 11.5 Å². The number of allylic oxidation sites excluding steroid dienone is 1. The van der Waals surface area contributed by atoms with Crippen molar-refractivity contribution in [2.45, 2.75) is 57.5 Å². The van der Waals surface area contributed by atoms with Crippen LogP contribution in [0.15, 0.2) is 60.0 Å². The van der Waals surface area contributed by atoms with Gasteiger partial charge in [0.25, 0.3) is 5.56 Å². The zero-order valence-electron chi connectivity index (χ0n) is 23.7. The highest BCUT2D eigenvalue weighted by Gasteiger charge is 2.23. The first kappa shape index (κ1) is 26.3. The molecule has 2 aliphatic rings. The molecule has 1 atom stereocenters. The molecule has 3 aromatic heterocycles. The summed E-state index contributed by atoms with van der Waals surface area (Å²) in [7, 11) is 4.33. The van der Waals surface area contributed by atoms with Gasteiger partial charge in [-0.1, -0.05) is 19.1 Å². The largest absolute Gasteiger partial charge is 0.371 e. The topological polar surface area (TPSA) is 84.1 Å². The van der Waals surface area contributed by atoms with E-state index in [1.54, 1.807) is 17.0 Å². The molecule has 0 amide bonds. The minimum Gasteiger partial charge on any atom is -0.371 e. The van der Waals surface area contributed by atoms with Crippen molar-refractivity contribution in [1.29, 1.82) is 0 Å². The van der Waals surface area contributed by atoms with Gasteiger partial charge in [0.05, 0.1) is 6.54 Å². The molecule has 208 valence electrons. The fourth-order valence-electron chi connectivity index (χ4n) is 6.12. The molecule has 1 N–H and O–H groups in total. The van der Waals surface area contributed by atoms with E-state index < -0.39 is 0 Å². The first-order chi connectivity index (χ1) is 19.4. The third-order valence-electron chi connectivity index (χ3n) is 8.43. The third-order valence-corrected chi connectivity index (χ3v) is 8.43. The molecule has 1 saturated heterocycles. The van der Waals surface area contributed by atoms with E-state index in [1.807, 2.05) is 10.7 Å². The van der Waals surface area contributed by atoms with Crippen molar-refractivity contribution in [2.75, 3.05) is 37.4 Å². The highest BCUT2D eigenvalue weighted by molar-refractivity contribution is 5.77. The molecule has 1 aliphatic carbocycles. The lowest BCUT2D eigenvalue weighted by molar-refractivity contribution is 0.249. The third kappa shape index (κ3) is 4.90. The average Bonchev–Trinajstić information content (AvgIpc) is 3.24. The maximum atomic E-state index is 13.3. The number of aryl methyl sites for hydroxylation is 1. The second-order valence-electron chi connectivity index (χ2n) is 11.3. The minimum absolute atomic E-state index is 0.156. The van der Waals surface area contributed by atoms with Crippen LogP contribution in [0.25, 0.3) is 16.9 Å². The number of pyridine rings is 1. The van der Waals surface area contributed by atoms with Crippen LogP contribution in [0, 0.1) is 0 Å². The van der Waals surface area contributed by atoms with E-state index >= 15 is 0 Å². The van der Waals surface area contributed by atoms with E-state index in [2.05, 4.69) is 78.0 Å². The lowest BCUT2D eigenvalue weighted by Crippen LogP contribution is -2.41. The van der Waals surface area contributed by atoms with Gasteiger partial charge in [-0.2, -0.15) is 4.98 Å². The van der Waals surface area contributed by atoms with Crippen LogP contribution in [0.2, 0.25) is 0 Å². The van der Waals surface area contributed by atoms with Gasteiger partial charge in [-0.15, -0.1) is 6.58 Å². The number of nitrogens with one attached hydrogen (secondary N) is 1. The molecule has 0 bridgehead atoms. The van der Waals surface area contributed by atoms with Crippen LogP contribution in [-0.4, -0.2) is 62.4 Å². The van der Waals surface area contributed by atoms with Crippen LogP contribution in [0.5, 0.6) is 0 Å². The molecule has 1 aliphatic heterocycles. The first-order valence-corrected chi connectivity index (χ1v) is 14.3. The predicted molar refractivity (Wildman–Crippen MR) is 161 cm³/mol. The summed E-state index contributed by atoms with van der Waals surface area (Å²) in [6.45, 7) is 8.55. The minimum atomic E-state index is -0.156.